The molecule has 2 rings (SSSR count). The van der Waals surface area contributed by atoms with Gasteiger partial charge < -0.3 is 9.84 Å². The van der Waals surface area contributed by atoms with Gasteiger partial charge in [-0.1, -0.05) is 0 Å². The standard InChI is InChI=1S/C10H16N2O2/c1-8-5-10(13,3-4-14-8)9-6-11-12(2)7-9/h6-8,13H,3-5H2,1-2H3. The molecule has 1 aromatic rings. The number of aryl methyl sites for hydroxylation is 1. The molecule has 4 heteroatoms. The SMILES string of the molecule is CC1CC(O)(c2cnn(C)c2)CCO1. The Morgan fingerprint density at radius 3 is 3.07 bits per heavy atom. The fraction of sp³-hybridized carbons (Fsp3) is 0.700. The normalized spacial score (nSPS) is 33.2. The summed E-state index contributed by atoms with van der Waals surface area (Å²) in [6.07, 6.45) is 5.03. The first kappa shape index (κ1) is 9.68. The molecular weight excluding hydrogens is 180 g/mol. The molecule has 0 amide bonds. The number of rotatable bonds is 1. The van der Waals surface area contributed by atoms with Crippen LogP contribution in [0.15, 0.2) is 12.4 Å². The second kappa shape index (κ2) is 3.37. The zero-order valence-electron chi connectivity index (χ0n) is 8.60. The predicted octanol–water partition coefficient (Wildman–Crippen LogP) is 0.807. The maximum atomic E-state index is 10.4. The molecule has 1 fully saturated rings. The van der Waals surface area contributed by atoms with Crippen molar-refractivity contribution < 1.29 is 9.84 Å². The molecule has 1 saturated heterocycles. The van der Waals surface area contributed by atoms with E-state index in [1.165, 1.54) is 0 Å². The lowest BCUT2D eigenvalue weighted by atomic mass is 9.86. The Morgan fingerprint density at radius 2 is 2.50 bits per heavy atom. The fourth-order valence-corrected chi connectivity index (χ4v) is 1.99. The van der Waals surface area contributed by atoms with Gasteiger partial charge in [0.1, 0.15) is 0 Å². The maximum absolute atomic E-state index is 10.4. The number of ether oxygens (including phenoxy) is 1. The van der Waals surface area contributed by atoms with Gasteiger partial charge in [-0.2, -0.15) is 5.10 Å². The summed E-state index contributed by atoms with van der Waals surface area (Å²) in [5.41, 5.74) is 0.154. The number of nitrogens with zero attached hydrogens (tertiary/aromatic N) is 2. The van der Waals surface area contributed by atoms with Crippen LogP contribution in [0.4, 0.5) is 0 Å². The number of hydrogen-bond acceptors (Lipinski definition) is 3. The van der Waals surface area contributed by atoms with E-state index in [0.29, 0.717) is 19.4 Å². The van der Waals surface area contributed by atoms with Crippen molar-refractivity contribution in [3.05, 3.63) is 18.0 Å². The van der Waals surface area contributed by atoms with Crippen molar-refractivity contribution in [2.24, 2.45) is 7.05 Å². The van der Waals surface area contributed by atoms with Crippen LogP contribution in [-0.2, 0) is 17.4 Å². The molecule has 0 radical (unpaired) electrons. The third kappa shape index (κ3) is 1.67. The molecule has 1 N–H and O–H groups in total. The van der Waals surface area contributed by atoms with Crippen molar-refractivity contribution in [1.82, 2.24) is 9.78 Å². The summed E-state index contributed by atoms with van der Waals surface area (Å²) in [4.78, 5) is 0. The molecule has 0 aromatic carbocycles. The Bertz CT molecular complexity index is 324. The van der Waals surface area contributed by atoms with Crippen LogP contribution in [0.25, 0.3) is 0 Å². The van der Waals surface area contributed by atoms with Crippen molar-refractivity contribution in [3.8, 4) is 0 Å². The average Bonchev–Trinajstić information content (AvgIpc) is 2.52. The largest absolute Gasteiger partial charge is 0.385 e. The lowest BCUT2D eigenvalue weighted by Gasteiger charge is -2.34. The molecule has 0 bridgehead atoms. The monoisotopic (exact) mass is 196 g/mol. The Labute approximate surface area is 83.5 Å². The first-order chi connectivity index (χ1) is 6.60. The van der Waals surface area contributed by atoms with Crippen molar-refractivity contribution >= 4 is 0 Å². The summed E-state index contributed by atoms with van der Waals surface area (Å²) in [7, 11) is 1.86. The highest BCUT2D eigenvalue weighted by Gasteiger charge is 2.35. The molecule has 1 aromatic heterocycles. The Balaban J connectivity index is 2.22. The lowest BCUT2D eigenvalue weighted by Crippen LogP contribution is -2.37. The van der Waals surface area contributed by atoms with Gasteiger partial charge in [0.25, 0.3) is 0 Å². The summed E-state index contributed by atoms with van der Waals surface area (Å²) in [5, 5.41) is 14.5. The maximum Gasteiger partial charge on any atom is 0.0973 e. The molecule has 0 aliphatic carbocycles. The van der Waals surface area contributed by atoms with Gasteiger partial charge in [0, 0.05) is 31.6 Å². The summed E-state index contributed by atoms with van der Waals surface area (Å²) < 4.78 is 7.13. The van der Waals surface area contributed by atoms with Crippen LogP contribution in [0, 0.1) is 0 Å². The predicted molar refractivity (Wildman–Crippen MR) is 51.8 cm³/mol. The minimum atomic E-state index is -0.744. The zero-order chi connectivity index (χ0) is 10.2. The smallest absolute Gasteiger partial charge is 0.0973 e. The van der Waals surface area contributed by atoms with Crippen molar-refractivity contribution in [1.29, 1.82) is 0 Å². The van der Waals surface area contributed by atoms with Crippen LogP contribution in [0.5, 0.6) is 0 Å². The Kier molecular flexibility index (Phi) is 2.33. The average molecular weight is 196 g/mol. The Morgan fingerprint density at radius 1 is 1.71 bits per heavy atom. The molecule has 0 saturated carbocycles. The topological polar surface area (TPSA) is 47.3 Å². The molecule has 1 aliphatic heterocycles. The van der Waals surface area contributed by atoms with Crippen molar-refractivity contribution in [3.63, 3.8) is 0 Å². The van der Waals surface area contributed by atoms with Gasteiger partial charge in [0.15, 0.2) is 0 Å². The first-order valence-electron chi connectivity index (χ1n) is 4.93. The van der Waals surface area contributed by atoms with Crippen LogP contribution in [0.1, 0.15) is 25.3 Å². The van der Waals surface area contributed by atoms with Gasteiger partial charge in [-0.25, -0.2) is 0 Å². The number of aromatic nitrogens is 2. The van der Waals surface area contributed by atoms with E-state index >= 15 is 0 Å². The van der Waals surface area contributed by atoms with Gasteiger partial charge in [-0.3, -0.25) is 4.68 Å². The molecule has 0 spiro atoms. The minimum Gasteiger partial charge on any atom is -0.385 e. The molecule has 78 valence electrons. The van der Waals surface area contributed by atoms with Gasteiger partial charge in [-0.15, -0.1) is 0 Å². The van der Waals surface area contributed by atoms with E-state index in [1.54, 1.807) is 10.9 Å². The van der Waals surface area contributed by atoms with E-state index in [2.05, 4.69) is 5.10 Å². The van der Waals surface area contributed by atoms with Gasteiger partial charge in [0.05, 0.1) is 24.5 Å². The molecule has 2 atom stereocenters. The van der Waals surface area contributed by atoms with E-state index in [4.69, 9.17) is 4.74 Å². The van der Waals surface area contributed by atoms with E-state index in [0.717, 1.165) is 5.56 Å². The van der Waals surface area contributed by atoms with Crippen molar-refractivity contribution in [2.45, 2.75) is 31.5 Å². The van der Waals surface area contributed by atoms with Crippen LogP contribution in [-0.4, -0.2) is 27.6 Å². The summed E-state index contributed by atoms with van der Waals surface area (Å²) >= 11 is 0. The quantitative estimate of drug-likeness (QED) is 0.723. The van der Waals surface area contributed by atoms with Crippen LogP contribution in [0.2, 0.25) is 0 Å². The highest BCUT2D eigenvalue weighted by molar-refractivity contribution is 5.16. The Hall–Kier alpha value is -0.870. The van der Waals surface area contributed by atoms with Crippen molar-refractivity contribution in [2.75, 3.05) is 6.61 Å². The summed E-state index contributed by atoms with van der Waals surface area (Å²) in [6, 6.07) is 0. The van der Waals surface area contributed by atoms with E-state index in [9.17, 15) is 5.11 Å². The number of hydrogen-bond donors (Lipinski definition) is 1. The summed E-state index contributed by atoms with van der Waals surface area (Å²) in [6.45, 7) is 2.60. The molecule has 4 nitrogen and oxygen atoms in total. The molecule has 1 aliphatic rings. The first-order valence-corrected chi connectivity index (χ1v) is 4.93. The second-order valence-electron chi connectivity index (χ2n) is 4.07. The van der Waals surface area contributed by atoms with Gasteiger partial charge in [-0.05, 0) is 6.92 Å². The van der Waals surface area contributed by atoms with Crippen LogP contribution < -0.4 is 0 Å². The van der Waals surface area contributed by atoms with E-state index in [-0.39, 0.29) is 6.10 Å². The van der Waals surface area contributed by atoms with E-state index < -0.39 is 5.60 Å². The van der Waals surface area contributed by atoms with Gasteiger partial charge in [0.2, 0.25) is 0 Å². The second-order valence-corrected chi connectivity index (χ2v) is 4.07. The molecule has 2 unspecified atom stereocenters. The molecular formula is C10H16N2O2. The zero-order valence-corrected chi connectivity index (χ0v) is 8.60. The molecule has 2 heterocycles. The highest BCUT2D eigenvalue weighted by atomic mass is 16.5. The fourth-order valence-electron chi connectivity index (χ4n) is 1.99. The third-order valence-corrected chi connectivity index (χ3v) is 2.79. The van der Waals surface area contributed by atoms with E-state index in [1.807, 2.05) is 20.2 Å². The minimum absolute atomic E-state index is 0.119. The summed E-state index contributed by atoms with van der Waals surface area (Å²) in [5.74, 6) is 0. The van der Waals surface area contributed by atoms with Crippen LogP contribution >= 0.6 is 0 Å². The van der Waals surface area contributed by atoms with Crippen LogP contribution in [0.3, 0.4) is 0 Å². The van der Waals surface area contributed by atoms with Gasteiger partial charge >= 0.3 is 0 Å². The number of aliphatic hydroxyl groups is 1. The lowest BCUT2D eigenvalue weighted by molar-refractivity contribution is -0.101. The molecule has 14 heavy (non-hydrogen) atoms. The third-order valence-electron chi connectivity index (χ3n) is 2.79. The highest BCUT2D eigenvalue weighted by Crippen LogP contribution is 2.33.